The number of rotatable bonds is 6. The maximum atomic E-state index is 11.5. The molecule has 0 bridgehead atoms. The van der Waals surface area contributed by atoms with Crippen LogP contribution < -0.4 is 35.1 Å². The highest BCUT2D eigenvalue weighted by atomic mass is 16.5. The van der Waals surface area contributed by atoms with Crippen LogP contribution in [0.3, 0.4) is 0 Å². The third-order valence-corrected chi connectivity index (χ3v) is 3.00. The lowest BCUT2D eigenvalue weighted by atomic mass is 10.2. The van der Waals surface area contributed by atoms with E-state index in [1.54, 1.807) is 12.1 Å². The highest BCUT2D eigenvalue weighted by Crippen LogP contribution is 2.40. The Kier molecular flexibility index (Phi) is 4.02. The molecule has 0 unspecified atom stereocenters. The van der Waals surface area contributed by atoms with E-state index in [-0.39, 0.29) is 11.4 Å². The van der Waals surface area contributed by atoms with Crippen LogP contribution in [0.15, 0.2) is 21.7 Å². The van der Waals surface area contributed by atoms with E-state index in [1.165, 1.54) is 28.4 Å². The van der Waals surface area contributed by atoms with Gasteiger partial charge in [0.2, 0.25) is 5.75 Å². The van der Waals surface area contributed by atoms with Gasteiger partial charge in [-0.25, -0.2) is 0 Å². The first-order chi connectivity index (χ1) is 10.1. The summed E-state index contributed by atoms with van der Waals surface area (Å²) in [5.41, 5.74) is -0.653. The monoisotopic (exact) mass is 293 g/mol. The number of hydrogen-bond acceptors (Lipinski definition) is 7. The molecule has 21 heavy (non-hydrogen) atoms. The Hall–Kier alpha value is -2.70. The van der Waals surface area contributed by atoms with Gasteiger partial charge in [0.05, 0.1) is 28.4 Å². The zero-order valence-corrected chi connectivity index (χ0v) is 12.1. The zero-order valence-electron chi connectivity index (χ0n) is 12.1. The van der Waals surface area contributed by atoms with Crippen LogP contribution in [0.2, 0.25) is 0 Å². The van der Waals surface area contributed by atoms with Crippen LogP contribution in [0.4, 0.5) is 11.4 Å². The van der Waals surface area contributed by atoms with Gasteiger partial charge in [-0.3, -0.25) is 9.59 Å². The Morgan fingerprint density at radius 2 is 1.29 bits per heavy atom. The van der Waals surface area contributed by atoms with E-state index in [9.17, 15) is 9.59 Å². The molecule has 1 N–H and O–H groups in total. The summed E-state index contributed by atoms with van der Waals surface area (Å²) in [6.45, 7) is 0. The lowest BCUT2D eigenvalue weighted by molar-refractivity contribution is 0.324. The average Bonchev–Trinajstić information content (AvgIpc) is 2.52. The predicted octanol–water partition coefficient (Wildman–Crippen LogP) is 1.06. The van der Waals surface area contributed by atoms with Crippen LogP contribution >= 0.6 is 0 Å². The zero-order chi connectivity index (χ0) is 15.6. The van der Waals surface area contributed by atoms with Gasteiger partial charge >= 0.3 is 0 Å². The summed E-state index contributed by atoms with van der Waals surface area (Å²) >= 11 is 0. The summed E-state index contributed by atoms with van der Waals surface area (Å²) in [6.07, 6.45) is 0. The Bertz CT molecular complexity index is 704. The number of benzene rings is 1. The van der Waals surface area contributed by atoms with Gasteiger partial charge in [-0.2, -0.15) is 0 Å². The molecule has 0 aliphatic heterocycles. The van der Waals surface area contributed by atoms with Crippen LogP contribution in [0.5, 0.6) is 23.0 Å². The minimum Gasteiger partial charge on any atom is -0.493 e. The van der Waals surface area contributed by atoms with Crippen molar-refractivity contribution in [2.75, 3.05) is 33.8 Å². The van der Waals surface area contributed by atoms with Crippen LogP contribution in [0, 0.1) is 0 Å². The number of ether oxygens (including phenoxy) is 4. The van der Waals surface area contributed by atoms with E-state index in [4.69, 9.17) is 18.9 Å². The van der Waals surface area contributed by atoms with Crippen molar-refractivity contribution in [3.63, 3.8) is 0 Å². The number of anilines is 2. The Morgan fingerprint density at radius 3 is 1.71 bits per heavy atom. The first-order valence-electron chi connectivity index (χ1n) is 6.01. The van der Waals surface area contributed by atoms with Crippen LogP contribution in [0.25, 0.3) is 0 Å². The summed E-state index contributed by atoms with van der Waals surface area (Å²) in [5.74, 6) is 1.30. The van der Waals surface area contributed by atoms with E-state index in [1.807, 2.05) is 0 Å². The molecule has 0 aliphatic carbocycles. The topological polar surface area (TPSA) is 83.1 Å². The van der Waals surface area contributed by atoms with Crippen molar-refractivity contribution < 1.29 is 18.9 Å². The van der Waals surface area contributed by atoms with Crippen molar-refractivity contribution >= 4 is 11.4 Å². The molecule has 2 rings (SSSR count). The summed E-state index contributed by atoms with van der Waals surface area (Å²) in [6, 6.07) is 3.25. The molecule has 0 saturated heterocycles. The first kappa shape index (κ1) is 14.7. The molecule has 0 aromatic heterocycles. The largest absolute Gasteiger partial charge is 0.493 e. The highest BCUT2D eigenvalue weighted by Gasteiger charge is 2.23. The normalized spacial score (nSPS) is 10.3. The van der Waals surface area contributed by atoms with Gasteiger partial charge in [0.25, 0.3) is 10.9 Å². The molecule has 0 saturated carbocycles. The third kappa shape index (κ3) is 2.37. The molecule has 0 heterocycles. The van der Waals surface area contributed by atoms with Gasteiger partial charge in [0.15, 0.2) is 17.2 Å². The van der Waals surface area contributed by atoms with Crippen LogP contribution in [0.1, 0.15) is 0 Å². The van der Waals surface area contributed by atoms with Gasteiger partial charge in [0.1, 0.15) is 5.69 Å². The Morgan fingerprint density at radius 1 is 0.762 bits per heavy atom. The summed E-state index contributed by atoms with van der Waals surface area (Å²) in [5, 5.41) is 2.83. The molecule has 112 valence electrons. The van der Waals surface area contributed by atoms with Crippen LogP contribution in [-0.4, -0.2) is 28.4 Å². The molecule has 0 radical (unpaired) electrons. The van der Waals surface area contributed by atoms with E-state index in [0.29, 0.717) is 22.9 Å². The standard InChI is InChI=1S/C14H15NO6/c1-18-8-5-7(6-9(19-2)13(8)20-3)15-10-11(16)12(17)14(10)21-4/h5-6,15H,1-4H3. The van der Waals surface area contributed by atoms with Crippen LogP contribution in [-0.2, 0) is 0 Å². The SMILES string of the molecule is COc1cc(Nc2c(OC)c(=O)c2=O)cc(OC)c1OC. The van der Waals surface area contributed by atoms with Gasteiger partial charge in [-0.15, -0.1) is 0 Å². The Balaban J connectivity index is 2.43. The van der Waals surface area contributed by atoms with Gasteiger partial charge < -0.3 is 24.3 Å². The summed E-state index contributed by atoms with van der Waals surface area (Å²) in [4.78, 5) is 22.8. The van der Waals surface area contributed by atoms with E-state index >= 15 is 0 Å². The number of nitrogens with one attached hydrogen (secondary N) is 1. The minimum atomic E-state index is -0.646. The van der Waals surface area contributed by atoms with Crippen molar-refractivity contribution in [2.45, 2.75) is 0 Å². The quantitative estimate of drug-likeness (QED) is 0.797. The fourth-order valence-corrected chi connectivity index (χ4v) is 1.98. The van der Waals surface area contributed by atoms with Crippen molar-refractivity contribution in [1.29, 1.82) is 0 Å². The molecule has 0 spiro atoms. The average molecular weight is 293 g/mol. The summed E-state index contributed by atoms with van der Waals surface area (Å²) in [7, 11) is 5.79. The fourth-order valence-electron chi connectivity index (χ4n) is 1.98. The Labute approximate surface area is 120 Å². The molecule has 0 fully saturated rings. The molecule has 2 aromatic carbocycles. The molecule has 7 nitrogen and oxygen atoms in total. The lowest BCUT2D eigenvalue weighted by Crippen LogP contribution is -2.34. The summed E-state index contributed by atoms with van der Waals surface area (Å²) < 4.78 is 20.5. The molecular weight excluding hydrogens is 278 g/mol. The second-order valence-electron chi connectivity index (χ2n) is 4.11. The molecule has 0 amide bonds. The predicted molar refractivity (Wildman–Crippen MR) is 77.3 cm³/mol. The third-order valence-electron chi connectivity index (χ3n) is 3.00. The first-order valence-corrected chi connectivity index (χ1v) is 6.01. The molecule has 0 aliphatic rings. The maximum absolute atomic E-state index is 11.5. The van der Waals surface area contributed by atoms with Crippen molar-refractivity contribution in [1.82, 2.24) is 0 Å². The molecule has 0 atom stereocenters. The number of methoxy groups -OCH3 is 4. The second-order valence-corrected chi connectivity index (χ2v) is 4.11. The molecule has 2 aromatic rings. The van der Waals surface area contributed by atoms with Gasteiger partial charge in [-0.1, -0.05) is 0 Å². The van der Waals surface area contributed by atoms with Crippen molar-refractivity contribution in [3.05, 3.63) is 32.6 Å². The lowest BCUT2D eigenvalue weighted by Gasteiger charge is -2.16. The molecular formula is C14H15NO6. The number of hydrogen-bond donors (Lipinski definition) is 1. The van der Waals surface area contributed by atoms with Crippen molar-refractivity contribution in [2.24, 2.45) is 0 Å². The van der Waals surface area contributed by atoms with E-state index in [2.05, 4.69) is 5.32 Å². The van der Waals surface area contributed by atoms with Crippen molar-refractivity contribution in [3.8, 4) is 23.0 Å². The van der Waals surface area contributed by atoms with Gasteiger partial charge in [-0.05, 0) is 0 Å². The maximum Gasteiger partial charge on any atom is 0.272 e. The van der Waals surface area contributed by atoms with Gasteiger partial charge in [0, 0.05) is 17.8 Å². The minimum absolute atomic E-state index is 0.00810. The van der Waals surface area contributed by atoms with E-state index < -0.39 is 10.9 Å². The smallest absolute Gasteiger partial charge is 0.272 e. The highest BCUT2D eigenvalue weighted by molar-refractivity contribution is 5.73. The second kappa shape index (κ2) is 5.74. The molecule has 7 heteroatoms. The van der Waals surface area contributed by atoms with E-state index in [0.717, 1.165) is 0 Å². The fraction of sp³-hybridized carbons (Fsp3) is 0.286.